The highest BCUT2D eigenvalue weighted by Crippen LogP contribution is 2.46. The highest BCUT2D eigenvalue weighted by molar-refractivity contribution is 5.87. The summed E-state index contributed by atoms with van der Waals surface area (Å²) in [5.41, 5.74) is -0.167. The predicted octanol–water partition coefficient (Wildman–Crippen LogP) is 8.23. The van der Waals surface area contributed by atoms with Crippen LogP contribution in [0.2, 0.25) is 0 Å². The molecule has 0 aromatic heterocycles. The van der Waals surface area contributed by atoms with Gasteiger partial charge in [0.25, 0.3) is 0 Å². The van der Waals surface area contributed by atoms with E-state index in [1.165, 1.54) is 57.3 Å². The molecule has 0 aromatic rings. The zero-order valence-corrected chi connectivity index (χ0v) is 17.8. The molecule has 1 atom stereocenters. The molecule has 0 N–H and O–H groups in total. The van der Waals surface area contributed by atoms with Gasteiger partial charge in [0.05, 0.1) is 0 Å². The van der Waals surface area contributed by atoms with Gasteiger partial charge >= 0.3 is 0 Å². The van der Waals surface area contributed by atoms with Gasteiger partial charge in [-0.3, -0.25) is 4.79 Å². The molecule has 1 nitrogen and oxygen atoms in total. The first-order valence-electron chi connectivity index (χ1n) is 11.1. The van der Waals surface area contributed by atoms with Gasteiger partial charge in [-0.05, 0) is 38.0 Å². The second-order valence-electron chi connectivity index (χ2n) is 7.72. The maximum absolute atomic E-state index is 13.4. The van der Waals surface area contributed by atoms with Crippen molar-refractivity contribution in [1.82, 2.24) is 0 Å². The topological polar surface area (TPSA) is 17.1 Å². The molecule has 0 saturated heterocycles. The van der Waals surface area contributed by atoms with Crippen LogP contribution in [-0.4, -0.2) is 5.78 Å². The summed E-state index contributed by atoms with van der Waals surface area (Å²) in [5, 5.41) is 0. The van der Waals surface area contributed by atoms with Crippen LogP contribution in [0.3, 0.4) is 0 Å². The smallest absolute Gasteiger partial charge is 0.139 e. The van der Waals surface area contributed by atoms with Crippen LogP contribution in [0.5, 0.6) is 0 Å². The molecule has 0 spiro atoms. The van der Waals surface area contributed by atoms with Crippen molar-refractivity contribution in [3.05, 3.63) is 18.6 Å². The van der Waals surface area contributed by atoms with Crippen molar-refractivity contribution >= 4 is 5.78 Å². The third kappa shape index (κ3) is 9.06. The average molecular weight is 350 g/mol. The van der Waals surface area contributed by atoms with Gasteiger partial charge in [0.1, 0.15) is 5.78 Å². The average Bonchev–Trinajstić information content (AvgIpc) is 2.60. The third-order valence-corrected chi connectivity index (χ3v) is 5.57. The molecule has 0 rings (SSSR count). The number of carbonyl (C=O) groups excluding carboxylic acids is 1. The van der Waals surface area contributed by atoms with E-state index in [1.54, 1.807) is 0 Å². The van der Waals surface area contributed by atoms with E-state index in [1.807, 2.05) is 6.08 Å². The Bertz CT molecular complexity index is 333. The van der Waals surface area contributed by atoms with Crippen LogP contribution in [0, 0.1) is 11.3 Å². The van der Waals surface area contributed by atoms with Gasteiger partial charge in [-0.15, -0.1) is 6.58 Å². The molecule has 0 amide bonds. The van der Waals surface area contributed by atoms with E-state index >= 15 is 0 Å². The number of carbonyl (C=O) groups is 1. The fraction of sp³-hybridized carbons (Fsp3) is 0.833. The Morgan fingerprint density at radius 1 is 0.760 bits per heavy atom. The Morgan fingerprint density at radius 2 is 1.32 bits per heavy atom. The standard InChI is InChI=1S/C24H45O/c1-6-11-14-18-22(17-9-4)24(20-10-5,21-16-13-8-3)23(25)19-15-12-7-2/h9H,4,6-8,10-21H2,1-3,5H3. The molecule has 0 aliphatic heterocycles. The van der Waals surface area contributed by atoms with Gasteiger partial charge in [0.2, 0.25) is 0 Å². The largest absolute Gasteiger partial charge is 0.299 e. The van der Waals surface area contributed by atoms with E-state index in [-0.39, 0.29) is 5.41 Å². The van der Waals surface area contributed by atoms with E-state index in [2.05, 4.69) is 34.3 Å². The summed E-state index contributed by atoms with van der Waals surface area (Å²) < 4.78 is 0. The highest BCUT2D eigenvalue weighted by Gasteiger charge is 2.42. The maximum Gasteiger partial charge on any atom is 0.139 e. The number of Topliss-reactive ketones (excluding diaryl/α,β-unsaturated/α-hetero) is 1. The van der Waals surface area contributed by atoms with E-state index in [0.29, 0.717) is 5.78 Å². The van der Waals surface area contributed by atoms with Crippen molar-refractivity contribution in [2.24, 2.45) is 5.41 Å². The second kappa shape index (κ2) is 15.6. The van der Waals surface area contributed by atoms with Crippen molar-refractivity contribution in [1.29, 1.82) is 0 Å². The molecule has 0 fully saturated rings. The van der Waals surface area contributed by atoms with Gasteiger partial charge in [0, 0.05) is 11.8 Å². The summed E-state index contributed by atoms with van der Waals surface area (Å²) in [6, 6.07) is 0. The number of hydrogen-bond acceptors (Lipinski definition) is 1. The van der Waals surface area contributed by atoms with E-state index < -0.39 is 0 Å². The van der Waals surface area contributed by atoms with Gasteiger partial charge in [0.15, 0.2) is 0 Å². The number of rotatable bonds is 18. The summed E-state index contributed by atoms with van der Waals surface area (Å²) in [6.45, 7) is 13.0. The van der Waals surface area contributed by atoms with E-state index in [9.17, 15) is 4.79 Å². The Kier molecular flexibility index (Phi) is 15.3. The number of unbranched alkanes of at least 4 members (excludes halogenated alkanes) is 6. The first-order chi connectivity index (χ1) is 12.1. The SMILES string of the molecule is C=CC[C](CCCCC)C(CCC)(CCCCC)C(=O)CCCCC. The summed E-state index contributed by atoms with van der Waals surface area (Å²) in [7, 11) is 0. The summed E-state index contributed by atoms with van der Waals surface area (Å²) in [6.07, 6.45) is 18.8. The van der Waals surface area contributed by atoms with Crippen molar-refractivity contribution in [2.75, 3.05) is 0 Å². The summed E-state index contributed by atoms with van der Waals surface area (Å²) in [4.78, 5) is 13.4. The molecule has 0 aliphatic rings. The fourth-order valence-electron chi connectivity index (χ4n) is 4.13. The quantitative estimate of drug-likeness (QED) is 0.180. The molecule has 0 bridgehead atoms. The van der Waals surface area contributed by atoms with Crippen molar-refractivity contribution in [2.45, 2.75) is 124 Å². The lowest BCUT2D eigenvalue weighted by Crippen LogP contribution is -2.38. The molecular formula is C24H45O. The van der Waals surface area contributed by atoms with Gasteiger partial charge in [-0.1, -0.05) is 91.6 Å². The molecule has 25 heavy (non-hydrogen) atoms. The monoisotopic (exact) mass is 349 g/mol. The van der Waals surface area contributed by atoms with Crippen LogP contribution >= 0.6 is 0 Å². The van der Waals surface area contributed by atoms with Gasteiger partial charge in [-0.2, -0.15) is 0 Å². The molecule has 1 heteroatoms. The van der Waals surface area contributed by atoms with E-state index in [0.717, 1.165) is 44.9 Å². The Labute approximate surface area is 159 Å². The lowest BCUT2D eigenvalue weighted by Gasteiger charge is -2.40. The Balaban J connectivity index is 5.39. The van der Waals surface area contributed by atoms with Gasteiger partial charge < -0.3 is 0 Å². The first-order valence-corrected chi connectivity index (χ1v) is 11.1. The Morgan fingerprint density at radius 3 is 1.84 bits per heavy atom. The van der Waals surface area contributed by atoms with Gasteiger partial charge in [-0.25, -0.2) is 0 Å². The summed E-state index contributed by atoms with van der Waals surface area (Å²) in [5.74, 6) is 2.03. The lowest BCUT2D eigenvalue weighted by molar-refractivity contribution is -0.129. The van der Waals surface area contributed by atoms with Crippen LogP contribution in [-0.2, 0) is 4.79 Å². The highest BCUT2D eigenvalue weighted by atomic mass is 16.1. The van der Waals surface area contributed by atoms with Crippen LogP contribution in [0.25, 0.3) is 0 Å². The molecule has 0 saturated carbocycles. The predicted molar refractivity (Wildman–Crippen MR) is 113 cm³/mol. The summed E-state index contributed by atoms with van der Waals surface area (Å²) >= 11 is 0. The second-order valence-corrected chi connectivity index (χ2v) is 7.72. The molecule has 0 aromatic carbocycles. The van der Waals surface area contributed by atoms with Crippen LogP contribution in [0.1, 0.15) is 124 Å². The molecular weight excluding hydrogens is 304 g/mol. The zero-order chi connectivity index (χ0) is 19.0. The Hall–Kier alpha value is -0.590. The number of ketones is 1. The molecule has 1 radical (unpaired) electrons. The van der Waals surface area contributed by atoms with Crippen molar-refractivity contribution in [3.63, 3.8) is 0 Å². The maximum atomic E-state index is 13.4. The zero-order valence-electron chi connectivity index (χ0n) is 17.8. The van der Waals surface area contributed by atoms with Crippen molar-refractivity contribution < 1.29 is 4.79 Å². The first kappa shape index (κ1) is 24.4. The minimum absolute atomic E-state index is 0.167. The molecule has 0 aliphatic carbocycles. The van der Waals surface area contributed by atoms with E-state index in [4.69, 9.17) is 0 Å². The molecule has 147 valence electrons. The van der Waals surface area contributed by atoms with Crippen LogP contribution in [0.15, 0.2) is 12.7 Å². The minimum Gasteiger partial charge on any atom is -0.299 e. The third-order valence-electron chi connectivity index (χ3n) is 5.57. The normalized spacial score (nSPS) is 13.8. The fourth-order valence-corrected chi connectivity index (χ4v) is 4.13. The van der Waals surface area contributed by atoms with Crippen molar-refractivity contribution in [3.8, 4) is 0 Å². The number of hydrogen-bond donors (Lipinski definition) is 0. The molecule has 0 heterocycles. The minimum atomic E-state index is -0.167. The number of allylic oxidation sites excluding steroid dienone is 1. The molecule has 1 unspecified atom stereocenters. The van der Waals surface area contributed by atoms with Crippen LogP contribution < -0.4 is 0 Å². The van der Waals surface area contributed by atoms with Crippen LogP contribution in [0.4, 0.5) is 0 Å². The lowest BCUT2D eigenvalue weighted by atomic mass is 9.62.